The van der Waals surface area contributed by atoms with Crippen molar-refractivity contribution in [2.75, 3.05) is 0 Å². The second kappa shape index (κ2) is 10.5. The average Bonchev–Trinajstić information content (AvgIpc) is 3.98. The minimum absolute atomic E-state index is 0.0979. The lowest BCUT2D eigenvalue weighted by Gasteiger charge is -2.43. The first kappa shape index (κ1) is 29.2. The van der Waals surface area contributed by atoms with E-state index in [1.54, 1.807) is 5.56 Å². The Morgan fingerprint density at radius 2 is 0.981 bits per heavy atom. The highest BCUT2D eigenvalue weighted by molar-refractivity contribution is 7.26. The molecule has 3 nitrogen and oxygen atoms in total. The normalized spacial score (nSPS) is 23.6. The molecule has 5 heteroatoms. The largest absolute Gasteiger partial charge is 0.208 e. The summed E-state index contributed by atoms with van der Waals surface area (Å²) in [5.41, 5.74) is 9.14. The van der Waals surface area contributed by atoms with E-state index in [1.807, 2.05) is 22.7 Å². The molecule has 5 aliphatic rings. The van der Waals surface area contributed by atoms with Gasteiger partial charge in [-0.05, 0) is 95.9 Å². The van der Waals surface area contributed by atoms with Crippen LogP contribution in [0, 0.1) is 23.7 Å². The zero-order chi connectivity index (χ0) is 34.4. The van der Waals surface area contributed by atoms with Gasteiger partial charge >= 0.3 is 0 Å². The molecule has 5 atom stereocenters. The summed E-state index contributed by atoms with van der Waals surface area (Å²) in [4.78, 5) is 16.5. The summed E-state index contributed by atoms with van der Waals surface area (Å²) < 4.78 is 5.06. The summed E-state index contributed by atoms with van der Waals surface area (Å²) in [5.74, 6) is 5.41. The molecule has 4 fully saturated rings. The highest BCUT2D eigenvalue weighted by Crippen LogP contribution is 2.73. The SMILES string of the molecule is c1ccc2c(c1)-c1c(-c3nc(-c4cccc5sc6ccccc6c45)nc(-c4cccc5sc6ccccc6c45)n3)cccc1C21C2CC3CC(C2)C1C3. The molecule has 5 unspecified atom stereocenters. The number of thiophene rings is 2. The zero-order valence-electron chi connectivity index (χ0n) is 28.9. The Hall–Kier alpha value is -5.23. The van der Waals surface area contributed by atoms with Crippen molar-refractivity contribution >= 4 is 63.0 Å². The molecule has 4 bridgehead atoms. The molecule has 6 aromatic carbocycles. The molecule has 14 rings (SSSR count). The third-order valence-electron chi connectivity index (χ3n) is 13.5. The van der Waals surface area contributed by atoms with Crippen LogP contribution >= 0.6 is 22.7 Å². The van der Waals surface area contributed by atoms with E-state index in [-0.39, 0.29) is 5.41 Å². The van der Waals surface area contributed by atoms with Crippen molar-refractivity contribution < 1.29 is 0 Å². The summed E-state index contributed by atoms with van der Waals surface area (Å²) in [7, 11) is 0. The van der Waals surface area contributed by atoms with Gasteiger partial charge in [0.25, 0.3) is 0 Å². The van der Waals surface area contributed by atoms with Crippen molar-refractivity contribution in [1.29, 1.82) is 0 Å². The zero-order valence-corrected chi connectivity index (χ0v) is 30.6. The van der Waals surface area contributed by atoms with E-state index in [1.165, 1.54) is 82.7 Å². The Bertz CT molecular complexity index is 2890. The molecule has 5 aliphatic carbocycles. The number of aromatic nitrogens is 3. The molecular formula is C48H33N3S2. The van der Waals surface area contributed by atoms with E-state index in [4.69, 9.17) is 15.0 Å². The van der Waals surface area contributed by atoms with Gasteiger partial charge in [0.1, 0.15) is 0 Å². The van der Waals surface area contributed by atoms with Gasteiger partial charge < -0.3 is 0 Å². The highest BCUT2D eigenvalue weighted by atomic mass is 32.1. The molecule has 53 heavy (non-hydrogen) atoms. The van der Waals surface area contributed by atoms with Crippen molar-refractivity contribution in [1.82, 2.24) is 15.0 Å². The maximum absolute atomic E-state index is 5.51. The first-order chi connectivity index (χ1) is 26.2. The molecule has 0 saturated heterocycles. The number of benzene rings is 6. The van der Waals surface area contributed by atoms with Crippen LogP contribution in [0.15, 0.2) is 127 Å². The molecule has 4 saturated carbocycles. The first-order valence-electron chi connectivity index (χ1n) is 19.0. The van der Waals surface area contributed by atoms with Crippen LogP contribution in [-0.4, -0.2) is 15.0 Å². The van der Waals surface area contributed by atoms with Gasteiger partial charge in [-0.2, -0.15) is 0 Å². The summed E-state index contributed by atoms with van der Waals surface area (Å²) in [6.45, 7) is 0. The van der Waals surface area contributed by atoms with Crippen molar-refractivity contribution in [2.24, 2.45) is 23.7 Å². The monoisotopic (exact) mass is 715 g/mol. The summed E-state index contributed by atoms with van der Waals surface area (Å²) in [5, 5.41) is 4.94. The molecule has 0 N–H and O–H groups in total. The maximum atomic E-state index is 5.51. The van der Waals surface area contributed by atoms with Crippen LogP contribution in [-0.2, 0) is 5.41 Å². The van der Waals surface area contributed by atoms with E-state index >= 15 is 0 Å². The molecule has 9 aromatic rings. The average molecular weight is 716 g/mol. The van der Waals surface area contributed by atoms with Gasteiger partial charge in [0, 0.05) is 62.4 Å². The van der Waals surface area contributed by atoms with E-state index in [9.17, 15) is 0 Å². The molecule has 252 valence electrons. The van der Waals surface area contributed by atoms with E-state index < -0.39 is 0 Å². The third kappa shape index (κ3) is 3.77. The van der Waals surface area contributed by atoms with Gasteiger partial charge in [0.2, 0.25) is 0 Å². The predicted octanol–water partition coefficient (Wildman–Crippen LogP) is 12.9. The highest BCUT2D eigenvalue weighted by Gasteiger charge is 2.66. The molecule has 3 aromatic heterocycles. The molecule has 0 aliphatic heterocycles. The lowest BCUT2D eigenvalue weighted by molar-refractivity contribution is 0.191. The minimum Gasteiger partial charge on any atom is -0.208 e. The fourth-order valence-electron chi connectivity index (χ4n) is 11.9. The first-order valence-corrected chi connectivity index (χ1v) is 20.7. The third-order valence-corrected chi connectivity index (χ3v) is 15.8. The second-order valence-corrected chi connectivity index (χ2v) is 18.0. The van der Waals surface area contributed by atoms with Crippen LogP contribution in [0.5, 0.6) is 0 Å². The van der Waals surface area contributed by atoms with Crippen LogP contribution in [0.1, 0.15) is 36.8 Å². The predicted molar refractivity (Wildman–Crippen MR) is 221 cm³/mol. The van der Waals surface area contributed by atoms with E-state index in [0.717, 1.165) is 51.9 Å². The molecule has 0 amide bonds. The standard InChI is InChI=1S/C48H33N3S2/c1-4-16-35-29(10-1)42-32(13-7-17-36(42)48(35)28-23-26-22-27(25-28)37(48)24-26)45-49-46(33-14-8-20-40-43(33)30-11-2-5-18-38(30)52-40)51-47(50-45)34-15-9-21-41-44(34)31-12-3-6-19-39(31)53-41/h1-21,26-28,37H,22-25H2. The number of hydrogen-bond donors (Lipinski definition) is 0. The van der Waals surface area contributed by atoms with Gasteiger partial charge in [0.15, 0.2) is 17.5 Å². The molecule has 1 spiro atoms. The van der Waals surface area contributed by atoms with Crippen LogP contribution in [0.4, 0.5) is 0 Å². The summed E-state index contributed by atoms with van der Waals surface area (Å²) in [6, 6.07) is 47.0. The van der Waals surface area contributed by atoms with Crippen LogP contribution in [0.3, 0.4) is 0 Å². The molecule has 0 radical (unpaired) electrons. The Labute approximate surface area is 315 Å². The van der Waals surface area contributed by atoms with Crippen LogP contribution < -0.4 is 0 Å². The summed E-state index contributed by atoms with van der Waals surface area (Å²) >= 11 is 3.67. The van der Waals surface area contributed by atoms with Crippen LogP contribution in [0.25, 0.3) is 85.6 Å². The Morgan fingerprint density at radius 3 is 1.66 bits per heavy atom. The van der Waals surface area contributed by atoms with E-state index in [2.05, 4.69) is 127 Å². The topological polar surface area (TPSA) is 38.7 Å². The van der Waals surface area contributed by atoms with Crippen molar-refractivity contribution in [2.45, 2.75) is 31.1 Å². The van der Waals surface area contributed by atoms with E-state index in [0.29, 0.717) is 5.92 Å². The Kier molecular flexibility index (Phi) is 5.77. The Morgan fingerprint density at radius 1 is 0.453 bits per heavy atom. The Balaban J connectivity index is 1.12. The molecule has 3 heterocycles. The fraction of sp³-hybridized carbons (Fsp3) is 0.188. The van der Waals surface area contributed by atoms with Gasteiger partial charge in [-0.3, -0.25) is 0 Å². The minimum atomic E-state index is 0.0979. The lowest BCUT2D eigenvalue weighted by atomic mass is 9.59. The lowest BCUT2D eigenvalue weighted by Crippen LogP contribution is -2.40. The number of rotatable bonds is 3. The second-order valence-electron chi connectivity index (χ2n) is 15.9. The van der Waals surface area contributed by atoms with Crippen molar-refractivity contribution in [3.8, 4) is 45.3 Å². The number of nitrogens with zero attached hydrogens (tertiary/aromatic N) is 3. The van der Waals surface area contributed by atoms with Gasteiger partial charge in [-0.1, -0.05) is 103 Å². The molecular weight excluding hydrogens is 683 g/mol. The number of hydrogen-bond acceptors (Lipinski definition) is 5. The van der Waals surface area contributed by atoms with Crippen LogP contribution in [0.2, 0.25) is 0 Å². The van der Waals surface area contributed by atoms with Gasteiger partial charge in [-0.25, -0.2) is 15.0 Å². The van der Waals surface area contributed by atoms with Gasteiger partial charge in [0.05, 0.1) is 0 Å². The number of fused-ring (bicyclic) bond motifs is 9. The van der Waals surface area contributed by atoms with Crippen molar-refractivity contribution in [3.63, 3.8) is 0 Å². The smallest absolute Gasteiger partial charge is 0.164 e. The summed E-state index contributed by atoms with van der Waals surface area (Å²) in [6.07, 6.45) is 5.53. The van der Waals surface area contributed by atoms with Gasteiger partial charge in [-0.15, -0.1) is 22.7 Å². The quantitative estimate of drug-likeness (QED) is 0.183. The fourth-order valence-corrected chi connectivity index (χ4v) is 14.1. The maximum Gasteiger partial charge on any atom is 0.164 e. The van der Waals surface area contributed by atoms with Crippen molar-refractivity contribution in [3.05, 3.63) is 139 Å².